The Balaban J connectivity index is 1.40. The monoisotopic (exact) mass is 469 g/mol. The Morgan fingerprint density at radius 2 is 1.70 bits per heavy atom. The Morgan fingerprint density at radius 1 is 0.970 bits per heavy atom. The van der Waals surface area contributed by atoms with E-state index in [0.29, 0.717) is 16.6 Å². The number of aromatic nitrogens is 2. The molecular weight excluding hydrogens is 450 g/mol. The summed E-state index contributed by atoms with van der Waals surface area (Å²) >= 11 is 1.44. The van der Waals surface area contributed by atoms with Crippen molar-refractivity contribution in [1.82, 2.24) is 14.9 Å². The SMILES string of the molecule is Fc1cccc(-n2cc(-c3ccccc3)nc2SCc2ccc(C3(C(F)(F)F)CN3)cc2)c1. The van der Waals surface area contributed by atoms with Gasteiger partial charge in [-0.05, 0) is 29.3 Å². The Kier molecular flexibility index (Phi) is 5.50. The van der Waals surface area contributed by atoms with Crippen molar-refractivity contribution >= 4 is 11.8 Å². The summed E-state index contributed by atoms with van der Waals surface area (Å²) in [6, 6.07) is 22.4. The van der Waals surface area contributed by atoms with Gasteiger partial charge in [-0.2, -0.15) is 13.2 Å². The van der Waals surface area contributed by atoms with Gasteiger partial charge in [0.05, 0.1) is 11.4 Å². The summed E-state index contributed by atoms with van der Waals surface area (Å²) in [6.45, 7) is -0.0993. The Morgan fingerprint density at radius 3 is 2.33 bits per heavy atom. The zero-order chi connectivity index (χ0) is 23.1. The predicted octanol–water partition coefficient (Wildman–Crippen LogP) is 6.33. The zero-order valence-electron chi connectivity index (χ0n) is 17.3. The van der Waals surface area contributed by atoms with Crippen LogP contribution in [0.15, 0.2) is 90.2 Å². The van der Waals surface area contributed by atoms with Crippen molar-refractivity contribution in [2.45, 2.75) is 22.6 Å². The minimum atomic E-state index is -4.33. The van der Waals surface area contributed by atoms with Crippen LogP contribution in [0.5, 0.6) is 0 Å². The zero-order valence-corrected chi connectivity index (χ0v) is 18.1. The molecule has 168 valence electrons. The number of hydrogen-bond donors (Lipinski definition) is 1. The van der Waals surface area contributed by atoms with E-state index >= 15 is 0 Å². The second-order valence-electron chi connectivity index (χ2n) is 7.87. The van der Waals surface area contributed by atoms with Gasteiger partial charge < -0.3 is 0 Å². The minimum Gasteiger partial charge on any atom is -0.296 e. The number of halogens is 4. The first kappa shape index (κ1) is 21.7. The minimum absolute atomic E-state index is 0.0993. The van der Waals surface area contributed by atoms with Crippen LogP contribution in [0, 0.1) is 5.82 Å². The average Bonchev–Trinajstić information content (AvgIpc) is 3.53. The highest BCUT2D eigenvalue weighted by molar-refractivity contribution is 7.98. The summed E-state index contributed by atoms with van der Waals surface area (Å²) < 4.78 is 55.7. The highest BCUT2D eigenvalue weighted by Crippen LogP contribution is 2.46. The summed E-state index contributed by atoms with van der Waals surface area (Å²) in [5.74, 6) is 0.161. The van der Waals surface area contributed by atoms with E-state index in [1.54, 1.807) is 24.3 Å². The molecule has 0 saturated carbocycles. The van der Waals surface area contributed by atoms with Gasteiger partial charge in [0.25, 0.3) is 0 Å². The molecule has 1 unspecified atom stereocenters. The lowest BCUT2D eigenvalue weighted by Gasteiger charge is -2.18. The van der Waals surface area contributed by atoms with E-state index in [-0.39, 0.29) is 17.9 Å². The number of nitrogens with zero attached hydrogens (tertiary/aromatic N) is 2. The van der Waals surface area contributed by atoms with Gasteiger partial charge in [0.1, 0.15) is 5.82 Å². The molecule has 5 rings (SSSR count). The first-order chi connectivity index (χ1) is 15.9. The molecule has 33 heavy (non-hydrogen) atoms. The van der Waals surface area contributed by atoms with Crippen LogP contribution < -0.4 is 5.32 Å². The van der Waals surface area contributed by atoms with Crippen molar-refractivity contribution in [2.75, 3.05) is 6.54 Å². The molecule has 0 aliphatic carbocycles. The van der Waals surface area contributed by atoms with Gasteiger partial charge in [-0.1, -0.05) is 72.4 Å². The number of benzene rings is 3. The summed E-state index contributed by atoms with van der Waals surface area (Å²) in [6.07, 6.45) is -2.46. The van der Waals surface area contributed by atoms with Gasteiger partial charge in [-0.3, -0.25) is 9.88 Å². The van der Waals surface area contributed by atoms with E-state index < -0.39 is 11.7 Å². The van der Waals surface area contributed by atoms with Crippen molar-refractivity contribution in [3.8, 4) is 16.9 Å². The second-order valence-corrected chi connectivity index (χ2v) is 8.81. The largest absolute Gasteiger partial charge is 0.412 e. The smallest absolute Gasteiger partial charge is 0.296 e. The molecule has 1 aliphatic rings. The second kappa shape index (κ2) is 8.35. The quantitative estimate of drug-likeness (QED) is 0.204. The number of thioether (sulfide) groups is 1. The van der Waals surface area contributed by atoms with Gasteiger partial charge in [-0.25, -0.2) is 9.37 Å². The van der Waals surface area contributed by atoms with Gasteiger partial charge >= 0.3 is 6.18 Å². The lowest BCUT2D eigenvalue weighted by Crippen LogP contribution is -2.33. The summed E-state index contributed by atoms with van der Waals surface area (Å²) in [5, 5.41) is 3.12. The van der Waals surface area contributed by atoms with Crippen LogP contribution in [-0.2, 0) is 11.3 Å². The first-order valence-corrected chi connectivity index (χ1v) is 11.3. The molecule has 2 heterocycles. The molecule has 8 heteroatoms. The van der Waals surface area contributed by atoms with E-state index in [4.69, 9.17) is 4.98 Å². The molecular formula is C25H19F4N3S. The molecule has 1 fully saturated rings. The molecule has 4 aromatic rings. The van der Waals surface area contributed by atoms with Crippen LogP contribution in [0.25, 0.3) is 16.9 Å². The van der Waals surface area contributed by atoms with Crippen molar-refractivity contribution < 1.29 is 17.6 Å². The molecule has 3 nitrogen and oxygen atoms in total. The fraction of sp³-hybridized carbons (Fsp3) is 0.160. The fourth-order valence-corrected chi connectivity index (χ4v) is 4.66. The number of alkyl halides is 3. The topological polar surface area (TPSA) is 39.8 Å². The lowest BCUT2D eigenvalue weighted by molar-refractivity contribution is -0.161. The molecule has 0 spiro atoms. The molecule has 1 N–H and O–H groups in total. The van der Waals surface area contributed by atoms with Gasteiger partial charge in [0.15, 0.2) is 10.7 Å². The maximum absolute atomic E-state index is 13.9. The fourth-order valence-electron chi connectivity index (χ4n) is 3.71. The van der Waals surface area contributed by atoms with Crippen LogP contribution in [0.3, 0.4) is 0 Å². The average molecular weight is 470 g/mol. The molecule has 1 aromatic heterocycles. The van der Waals surface area contributed by atoms with Crippen LogP contribution in [0.1, 0.15) is 11.1 Å². The van der Waals surface area contributed by atoms with Crippen LogP contribution in [-0.4, -0.2) is 22.3 Å². The van der Waals surface area contributed by atoms with E-state index in [1.165, 1.54) is 36.0 Å². The molecule has 0 amide bonds. The molecule has 0 radical (unpaired) electrons. The molecule has 1 atom stereocenters. The van der Waals surface area contributed by atoms with Gasteiger partial charge in [-0.15, -0.1) is 0 Å². The highest BCUT2D eigenvalue weighted by Gasteiger charge is 2.64. The maximum Gasteiger partial charge on any atom is 0.412 e. The van der Waals surface area contributed by atoms with Gasteiger partial charge in [0.2, 0.25) is 0 Å². The van der Waals surface area contributed by atoms with Crippen LogP contribution in [0.4, 0.5) is 17.6 Å². The normalized spacial score (nSPS) is 17.8. The Labute approximate surface area is 192 Å². The van der Waals surface area contributed by atoms with E-state index in [1.807, 2.05) is 41.1 Å². The number of imidazole rings is 1. The van der Waals surface area contributed by atoms with E-state index in [2.05, 4.69) is 5.32 Å². The van der Waals surface area contributed by atoms with E-state index in [9.17, 15) is 17.6 Å². The van der Waals surface area contributed by atoms with Crippen LogP contribution in [0.2, 0.25) is 0 Å². The Bertz CT molecular complexity index is 1260. The molecule has 1 saturated heterocycles. The molecule has 1 aliphatic heterocycles. The van der Waals surface area contributed by atoms with Crippen molar-refractivity contribution in [3.63, 3.8) is 0 Å². The van der Waals surface area contributed by atoms with Crippen LogP contribution >= 0.6 is 11.8 Å². The summed E-state index contributed by atoms with van der Waals surface area (Å²) in [7, 11) is 0. The third kappa shape index (κ3) is 4.28. The molecule has 3 aromatic carbocycles. The Hall–Kier alpha value is -3.10. The van der Waals surface area contributed by atoms with Crippen molar-refractivity contribution in [2.24, 2.45) is 0 Å². The number of hydrogen-bond acceptors (Lipinski definition) is 3. The maximum atomic E-state index is 13.9. The predicted molar refractivity (Wildman–Crippen MR) is 121 cm³/mol. The van der Waals surface area contributed by atoms with Crippen molar-refractivity contribution in [1.29, 1.82) is 0 Å². The standard InChI is InChI=1S/C25H19F4N3S/c26-20-7-4-8-21(13-20)32-14-22(18-5-2-1-3-6-18)31-23(32)33-15-17-9-11-19(12-10-17)24(16-30-24)25(27,28)29/h1-14,30H,15-16H2. The molecule has 0 bridgehead atoms. The van der Waals surface area contributed by atoms with Gasteiger partial charge in [0, 0.05) is 24.1 Å². The van der Waals surface area contributed by atoms with E-state index in [0.717, 1.165) is 16.8 Å². The van der Waals surface area contributed by atoms with Crippen molar-refractivity contribution in [3.05, 3.63) is 102 Å². The third-order valence-electron chi connectivity index (χ3n) is 5.66. The summed E-state index contributed by atoms with van der Waals surface area (Å²) in [5.41, 5.74) is 1.51. The summed E-state index contributed by atoms with van der Waals surface area (Å²) in [4.78, 5) is 4.75. The highest BCUT2D eigenvalue weighted by atomic mass is 32.2. The first-order valence-electron chi connectivity index (χ1n) is 10.3. The number of rotatable bonds is 6. The third-order valence-corrected chi connectivity index (χ3v) is 6.68. The number of nitrogens with one attached hydrogen (secondary N) is 1. The lowest BCUT2D eigenvalue weighted by atomic mass is 9.98.